The molecule has 0 aliphatic carbocycles. The van der Waals surface area contributed by atoms with Crippen LogP contribution in [-0.2, 0) is 6.54 Å². The topological polar surface area (TPSA) is 60.2 Å². The first kappa shape index (κ1) is 21.0. The molecular weight excluding hydrogens is 377 g/mol. The summed E-state index contributed by atoms with van der Waals surface area (Å²) in [7, 11) is 0. The molecule has 0 aliphatic rings. The van der Waals surface area contributed by atoms with Gasteiger partial charge in [0.2, 0.25) is 0 Å². The fourth-order valence-electron chi connectivity index (χ4n) is 2.60. The summed E-state index contributed by atoms with van der Waals surface area (Å²) < 4.78 is 20.5. The molecular formula is C18H25ClFN3O2S. The molecule has 5 nitrogen and oxygen atoms in total. The summed E-state index contributed by atoms with van der Waals surface area (Å²) in [6.45, 7) is 8.10. The molecule has 0 spiro atoms. The summed E-state index contributed by atoms with van der Waals surface area (Å²) in [5.41, 5.74) is -1.44. The molecule has 2 unspecified atom stereocenters. The molecule has 0 aliphatic heterocycles. The van der Waals surface area contributed by atoms with Crippen molar-refractivity contribution in [2.24, 2.45) is 5.41 Å². The summed E-state index contributed by atoms with van der Waals surface area (Å²) in [4.78, 5) is 3.99. The zero-order valence-electron chi connectivity index (χ0n) is 15.4. The number of aliphatic hydroxyl groups is 1. The normalized spacial score (nSPS) is 15.5. The van der Waals surface area contributed by atoms with Gasteiger partial charge in [0.15, 0.2) is 5.16 Å². The summed E-state index contributed by atoms with van der Waals surface area (Å²) in [5.74, 6) is 0.0151. The Bertz CT molecular complexity index is 750. The first-order valence-electron chi connectivity index (χ1n) is 8.43. The highest BCUT2D eigenvalue weighted by molar-refractivity contribution is 7.80. The third kappa shape index (κ3) is 5.11. The largest absolute Gasteiger partial charge is 0.489 e. The molecule has 0 radical (unpaired) electrons. The lowest BCUT2D eigenvalue weighted by atomic mass is 9.73. The molecule has 2 aromatic rings. The Balaban J connectivity index is 2.05. The van der Waals surface area contributed by atoms with Crippen LogP contribution in [0.1, 0.15) is 40.5 Å². The van der Waals surface area contributed by atoms with E-state index in [4.69, 9.17) is 16.3 Å². The maximum atomic E-state index is 13.1. The van der Waals surface area contributed by atoms with Gasteiger partial charge < -0.3 is 9.84 Å². The molecule has 0 bridgehead atoms. The standard InChI is InChI=1S/C18H25ClFN3O2S/c1-12(25-15-6-5-13(20)9-14(15)19)7-8-18(24,17(2,3)4)10-23-16(26)21-11-22-23/h5-6,9,11-12,24H,7-8,10H2,1-4H3,(H,21,22,26). The van der Waals surface area contributed by atoms with Gasteiger partial charge in [-0.05, 0) is 43.4 Å². The van der Waals surface area contributed by atoms with E-state index in [0.717, 1.165) is 0 Å². The predicted octanol–water partition coefficient (Wildman–Crippen LogP) is 4.38. The second-order valence-corrected chi connectivity index (χ2v) is 8.35. The Morgan fingerprint density at radius 2 is 2.08 bits per heavy atom. The maximum absolute atomic E-state index is 13.1. The molecule has 0 amide bonds. The minimum atomic E-state index is -1.04. The van der Waals surface area contributed by atoms with E-state index in [1.54, 1.807) is 4.68 Å². The van der Waals surface area contributed by atoms with Crippen molar-refractivity contribution in [1.82, 2.24) is 14.8 Å². The van der Waals surface area contributed by atoms with Crippen molar-refractivity contribution >= 4 is 24.2 Å². The van der Waals surface area contributed by atoms with Crippen LogP contribution < -0.4 is 4.74 Å². The number of halogens is 2. The molecule has 1 aromatic carbocycles. The zero-order chi connectivity index (χ0) is 19.5. The lowest BCUT2D eigenvalue weighted by Crippen LogP contribution is -2.47. The first-order valence-corrected chi connectivity index (χ1v) is 9.25. The third-order valence-corrected chi connectivity index (χ3v) is 5.23. The highest BCUT2D eigenvalue weighted by Gasteiger charge is 2.41. The third-order valence-electron chi connectivity index (χ3n) is 4.59. The minimum absolute atomic E-state index is 0.210. The van der Waals surface area contributed by atoms with Gasteiger partial charge in [0.1, 0.15) is 17.9 Å². The highest BCUT2D eigenvalue weighted by Crippen LogP contribution is 2.37. The molecule has 1 N–H and O–H groups in total. The smallest absolute Gasteiger partial charge is 0.183 e. The Morgan fingerprint density at radius 1 is 1.38 bits per heavy atom. The van der Waals surface area contributed by atoms with Gasteiger partial charge in [-0.2, -0.15) is 5.10 Å². The number of hydrogen-bond donors (Lipinski definition) is 2. The molecule has 0 saturated carbocycles. The number of nitrogens with zero attached hydrogens (tertiary/aromatic N) is 3. The number of benzene rings is 1. The summed E-state index contributed by atoms with van der Waals surface area (Å²) >= 11 is 10.3. The van der Waals surface area contributed by atoms with Crippen molar-refractivity contribution in [1.29, 1.82) is 0 Å². The molecule has 2 rings (SSSR count). The number of ether oxygens (including phenoxy) is 1. The monoisotopic (exact) mass is 401 g/mol. The Kier molecular flexibility index (Phi) is 6.58. The lowest BCUT2D eigenvalue weighted by Gasteiger charge is -2.41. The number of thiol groups is 1. The van der Waals surface area contributed by atoms with E-state index >= 15 is 0 Å². The van der Waals surface area contributed by atoms with Gasteiger partial charge in [-0.1, -0.05) is 32.4 Å². The van der Waals surface area contributed by atoms with Crippen molar-refractivity contribution in [3.8, 4) is 5.75 Å². The molecule has 2 atom stereocenters. The fraction of sp³-hybridized carbons (Fsp3) is 0.556. The summed E-state index contributed by atoms with van der Waals surface area (Å²) in [5, 5.41) is 16.1. The Hall–Kier alpha value is -1.31. The van der Waals surface area contributed by atoms with Crippen LogP contribution in [0.15, 0.2) is 29.7 Å². The van der Waals surface area contributed by atoms with Crippen LogP contribution in [0.25, 0.3) is 0 Å². The van der Waals surface area contributed by atoms with Gasteiger partial charge in [0.25, 0.3) is 0 Å². The zero-order valence-corrected chi connectivity index (χ0v) is 17.1. The Morgan fingerprint density at radius 3 is 2.62 bits per heavy atom. The second-order valence-electron chi connectivity index (χ2n) is 7.54. The quantitative estimate of drug-likeness (QED) is 0.676. The van der Waals surface area contributed by atoms with E-state index in [1.165, 1.54) is 24.5 Å². The van der Waals surface area contributed by atoms with Gasteiger partial charge in [-0.15, -0.1) is 12.6 Å². The van der Waals surface area contributed by atoms with Crippen molar-refractivity contribution < 1.29 is 14.2 Å². The SMILES string of the molecule is CC(CCC(O)(Cn1ncnc1S)C(C)(C)C)Oc1ccc(F)cc1Cl. The van der Waals surface area contributed by atoms with Gasteiger partial charge in [-0.3, -0.25) is 0 Å². The summed E-state index contributed by atoms with van der Waals surface area (Å²) in [6.07, 6.45) is 2.26. The van der Waals surface area contributed by atoms with E-state index in [-0.39, 0.29) is 17.7 Å². The first-order chi connectivity index (χ1) is 12.0. The lowest BCUT2D eigenvalue weighted by molar-refractivity contribution is -0.0867. The van der Waals surface area contributed by atoms with Crippen molar-refractivity contribution in [2.45, 2.75) is 63.9 Å². The van der Waals surface area contributed by atoms with Crippen LogP contribution >= 0.6 is 24.2 Å². The van der Waals surface area contributed by atoms with E-state index in [1.807, 2.05) is 27.7 Å². The van der Waals surface area contributed by atoms with Crippen LogP contribution in [0.3, 0.4) is 0 Å². The van der Waals surface area contributed by atoms with Gasteiger partial charge in [-0.25, -0.2) is 14.1 Å². The van der Waals surface area contributed by atoms with E-state index in [0.29, 0.717) is 23.7 Å². The Labute approximate surface area is 163 Å². The number of hydrogen-bond acceptors (Lipinski definition) is 5. The number of aromatic nitrogens is 3. The van der Waals surface area contributed by atoms with Gasteiger partial charge in [0.05, 0.1) is 23.3 Å². The molecule has 1 heterocycles. The van der Waals surface area contributed by atoms with E-state index < -0.39 is 16.8 Å². The van der Waals surface area contributed by atoms with Crippen LogP contribution in [0.4, 0.5) is 4.39 Å². The molecule has 8 heteroatoms. The van der Waals surface area contributed by atoms with Crippen molar-refractivity contribution in [2.75, 3.05) is 0 Å². The number of rotatable bonds is 7. The average Bonchev–Trinajstić information content (AvgIpc) is 2.92. The maximum Gasteiger partial charge on any atom is 0.183 e. The average molecular weight is 402 g/mol. The fourth-order valence-corrected chi connectivity index (χ4v) is 2.98. The van der Waals surface area contributed by atoms with Crippen molar-refractivity contribution in [3.05, 3.63) is 35.4 Å². The van der Waals surface area contributed by atoms with Gasteiger partial charge in [0, 0.05) is 0 Å². The van der Waals surface area contributed by atoms with E-state index in [9.17, 15) is 9.50 Å². The van der Waals surface area contributed by atoms with Crippen LogP contribution in [0, 0.1) is 11.2 Å². The molecule has 26 heavy (non-hydrogen) atoms. The predicted molar refractivity (Wildman–Crippen MR) is 102 cm³/mol. The molecule has 1 aromatic heterocycles. The highest BCUT2D eigenvalue weighted by atomic mass is 35.5. The molecule has 0 fully saturated rings. The molecule has 0 saturated heterocycles. The second kappa shape index (κ2) is 8.15. The van der Waals surface area contributed by atoms with E-state index in [2.05, 4.69) is 22.7 Å². The van der Waals surface area contributed by atoms with Crippen LogP contribution in [0.2, 0.25) is 5.02 Å². The molecule has 144 valence electrons. The van der Waals surface area contributed by atoms with Crippen LogP contribution in [-0.4, -0.2) is 31.6 Å². The summed E-state index contributed by atoms with van der Waals surface area (Å²) in [6, 6.07) is 4.03. The minimum Gasteiger partial charge on any atom is -0.489 e. The van der Waals surface area contributed by atoms with Gasteiger partial charge >= 0.3 is 0 Å². The van der Waals surface area contributed by atoms with Crippen molar-refractivity contribution in [3.63, 3.8) is 0 Å². The van der Waals surface area contributed by atoms with Crippen LogP contribution in [0.5, 0.6) is 5.75 Å².